The van der Waals surface area contributed by atoms with Gasteiger partial charge in [-0.3, -0.25) is 0 Å². The van der Waals surface area contributed by atoms with Gasteiger partial charge in [-0.05, 0) is 37.1 Å². The fourth-order valence-electron chi connectivity index (χ4n) is 1.60. The maximum absolute atomic E-state index is 11.9. The molecule has 0 amide bonds. The van der Waals surface area contributed by atoms with Gasteiger partial charge in [-0.25, -0.2) is 13.1 Å². The molecule has 4 nitrogen and oxygen atoms in total. The Kier molecular flexibility index (Phi) is 4.96. The number of unbranched alkanes of at least 4 members (excludes halogenated alkanes) is 2. The molecule has 0 heterocycles. The second kappa shape index (κ2) is 6.02. The molecule has 1 rings (SSSR count). The van der Waals surface area contributed by atoms with Crippen LogP contribution in [-0.2, 0) is 10.0 Å². The predicted molar refractivity (Wildman–Crippen MR) is 70.3 cm³/mol. The minimum absolute atomic E-state index is 0.242. The number of sulfonamides is 1. The summed E-state index contributed by atoms with van der Waals surface area (Å²) in [6.45, 7) is 4.38. The molecule has 5 heteroatoms. The van der Waals surface area contributed by atoms with Crippen LogP contribution in [0.1, 0.15) is 31.7 Å². The highest BCUT2D eigenvalue weighted by atomic mass is 32.2. The first kappa shape index (κ1) is 14.0. The second-order valence-corrected chi connectivity index (χ2v) is 5.95. The molecule has 17 heavy (non-hydrogen) atoms. The number of rotatable bonds is 6. The Morgan fingerprint density at radius 1 is 1.24 bits per heavy atom. The van der Waals surface area contributed by atoms with Crippen LogP contribution in [0.25, 0.3) is 0 Å². The van der Waals surface area contributed by atoms with Gasteiger partial charge in [0.15, 0.2) is 0 Å². The van der Waals surface area contributed by atoms with Crippen LogP contribution in [0.15, 0.2) is 23.1 Å². The zero-order chi connectivity index (χ0) is 12.9. The third kappa shape index (κ3) is 4.36. The number of nitrogens with one attached hydrogen (secondary N) is 1. The Balaban J connectivity index is 2.75. The predicted octanol–water partition coefficient (Wildman–Crippen LogP) is 2.05. The van der Waals surface area contributed by atoms with Crippen molar-refractivity contribution in [2.24, 2.45) is 0 Å². The third-order valence-corrected chi connectivity index (χ3v) is 3.90. The SMILES string of the molecule is CCCCCNS(=O)(=O)c1cc(C)cc(N)c1. The normalized spacial score (nSPS) is 11.6. The van der Waals surface area contributed by atoms with Crippen LogP contribution in [-0.4, -0.2) is 15.0 Å². The number of hydrogen-bond acceptors (Lipinski definition) is 3. The highest BCUT2D eigenvalue weighted by Gasteiger charge is 2.13. The number of hydrogen-bond donors (Lipinski definition) is 2. The number of nitrogens with two attached hydrogens (primary N) is 1. The molecule has 0 saturated carbocycles. The molecule has 0 bridgehead atoms. The highest BCUT2D eigenvalue weighted by Crippen LogP contribution is 2.16. The lowest BCUT2D eigenvalue weighted by Gasteiger charge is -2.08. The van der Waals surface area contributed by atoms with Crippen molar-refractivity contribution >= 4 is 15.7 Å². The number of benzene rings is 1. The molecule has 1 aromatic carbocycles. The molecule has 0 fully saturated rings. The summed E-state index contributed by atoms with van der Waals surface area (Å²) in [5, 5.41) is 0. The number of aryl methyl sites for hydroxylation is 1. The minimum atomic E-state index is -3.42. The Morgan fingerprint density at radius 3 is 2.53 bits per heavy atom. The molecule has 0 aliphatic heterocycles. The van der Waals surface area contributed by atoms with Crippen LogP contribution in [0.3, 0.4) is 0 Å². The lowest BCUT2D eigenvalue weighted by atomic mass is 10.2. The zero-order valence-corrected chi connectivity index (χ0v) is 11.2. The van der Waals surface area contributed by atoms with Crippen molar-refractivity contribution in [3.05, 3.63) is 23.8 Å². The van der Waals surface area contributed by atoms with E-state index in [2.05, 4.69) is 11.6 Å². The largest absolute Gasteiger partial charge is 0.399 e. The molecule has 96 valence electrons. The van der Waals surface area contributed by atoms with Gasteiger partial charge in [-0.15, -0.1) is 0 Å². The fourth-order valence-corrected chi connectivity index (χ4v) is 2.81. The fraction of sp³-hybridized carbons (Fsp3) is 0.500. The van der Waals surface area contributed by atoms with Gasteiger partial charge in [0.05, 0.1) is 4.90 Å². The van der Waals surface area contributed by atoms with E-state index in [1.165, 1.54) is 6.07 Å². The molecule has 0 aliphatic carbocycles. The van der Waals surface area contributed by atoms with Crippen LogP contribution in [0.5, 0.6) is 0 Å². The molecule has 0 atom stereocenters. The summed E-state index contributed by atoms with van der Waals surface area (Å²) in [4.78, 5) is 0.242. The van der Waals surface area contributed by atoms with Crippen LogP contribution in [0, 0.1) is 6.92 Å². The van der Waals surface area contributed by atoms with Gasteiger partial charge < -0.3 is 5.73 Å². The minimum Gasteiger partial charge on any atom is -0.399 e. The number of anilines is 1. The lowest BCUT2D eigenvalue weighted by molar-refractivity contribution is 0.576. The standard InChI is InChI=1S/C12H20N2O2S/c1-3-4-5-6-14-17(15,16)12-8-10(2)7-11(13)9-12/h7-9,14H,3-6,13H2,1-2H3. The maximum Gasteiger partial charge on any atom is 0.240 e. The van der Waals surface area contributed by atoms with E-state index < -0.39 is 10.0 Å². The van der Waals surface area contributed by atoms with E-state index in [-0.39, 0.29) is 4.90 Å². The van der Waals surface area contributed by atoms with Crippen LogP contribution in [0.2, 0.25) is 0 Å². The molecule has 3 N–H and O–H groups in total. The van der Waals surface area contributed by atoms with Gasteiger partial charge in [0, 0.05) is 12.2 Å². The summed E-state index contributed by atoms with van der Waals surface area (Å²) in [5.74, 6) is 0. The van der Waals surface area contributed by atoms with Crippen molar-refractivity contribution in [3.8, 4) is 0 Å². The Hall–Kier alpha value is -1.07. The van der Waals surface area contributed by atoms with Gasteiger partial charge in [0.1, 0.15) is 0 Å². The molecule has 1 aromatic rings. The van der Waals surface area contributed by atoms with Crippen LogP contribution < -0.4 is 10.5 Å². The van der Waals surface area contributed by atoms with Crippen molar-refractivity contribution in [2.45, 2.75) is 38.0 Å². The maximum atomic E-state index is 11.9. The summed E-state index contributed by atoms with van der Waals surface area (Å²) in [7, 11) is -3.42. The molecule has 0 unspecified atom stereocenters. The molecule has 0 spiro atoms. The van der Waals surface area contributed by atoms with Gasteiger partial charge in [-0.2, -0.15) is 0 Å². The molecule has 0 saturated heterocycles. The molecular formula is C12H20N2O2S. The summed E-state index contributed by atoms with van der Waals surface area (Å²) in [6, 6.07) is 4.85. The van der Waals surface area contributed by atoms with E-state index in [0.29, 0.717) is 12.2 Å². The van der Waals surface area contributed by atoms with Crippen molar-refractivity contribution in [2.75, 3.05) is 12.3 Å². The zero-order valence-electron chi connectivity index (χ0n) is 10.4. The van der Waals surface area contributed by atoms with Gasteiger partial charge >= 0.3 is 0 Å². The van der Waals surface area contributed by atoms with E-state index in [4.69, 9.17) is 5.73 Å². The number of nitrogen functional groups attached to an aromatic ring is 1. The lowest BCUT2D eigenvalue weighted by Crippen LogP contribution is -2.25. The first-order valence-electron chi connectivity index (χ1n) is 5.82. The molecule has 0 radical (unpaired) electrons. The summed E-state index contributed by atoms with van der Waals surface area (Å²) >= 11 is 0. The van der Waals surface area contributed by atoms with Gasteiger partial charge in [0.2, 0.25) is 10.0 Å². The van der Waals surface area contributed by atoms with Crippen molar-refractivity contribution in [3.63, 3.8) is 0 Å². The van der Waals surface area contributed by atoms with E-state index >= 15 is 0 Å². The van der Waals surface area contributed by atoms with Gasteiger partial charge in [0.25, 0.3) is 0 Å². The molecular weight excluding hydrogens is 236 g/mol. The van der Waals surface area contributed by atoms with E-state index in [0.717, 1.165) is 24.8 Å². The van der Waals surface area contributed by atoms with Crippen molar-refractivity contribution in [1.82, 2.24) is 4.72 Å². The first-order valence-corrected chi connectivity index (χ1v) is 7.31. The van der Waals surface area contributed by atoms with Crippen LogP contribution in [0.4, 0.5) is 5.69 Å². The van der Waals surface area contributed by atoms with Gasteiger partial charge in [-0.1, -0.05) is 19.8 Å². The van der Waals surface area contributed by atoms with E-state index in [1.807, 2.05) is 6.92 Å². The second-order valence-electron chi connectivity index (χ2n) is 4.18. The highest BCUT2D eigenvalue weighted by molar-refractivity contribution is 7.89. The van der Waals surface area contributed by atoms with E-state index in [1.54, 1.807) is 12.1 Å². The van der Waals surface area contributed by atoms with E-state index in [9.17, 15) is 8.42 Å². The topological polar surface area (TPSA) is 72.2 Å². The summed E-state index contributed by atoms with van der Waals surface area (Å²) in [5.41, 5.74) is 6.96. The Morgan fingerprint density at radius 2 is 1.94 bits per heavy atom. The summed E-state index contributed by atoms with van der Waals surface area (Å²) < 4.78 is 26.4. The quantitative estimate of drug-likeness (QED) is 0.604. The molecule has 0 aliphatic rings. The third-order valence-electron chi connectivity index (χ3n) is 2.46. The summed E-state index contributed by atoms with van der Waals surface area (Å²) in [6.07, 6.45) is 2.95. The van der Waals surface area contributed by atoms with Crippen LogP contribution >= 0.6 is 0 Å². The monoisotopic (exact) mass is 256 g/mol. The van der Waals surface area contributed by atoms with Crippen molar-refractivity contribution < 1.29 is 8.42 Å². The average Bonchev–Trinajstić information content (AvgIpc) is 2.23. The Labute approximate surface area is 103 Å². The average molecular weight is 256 g/mol. The Bertz CT molecular complexity index is 449. The first-order chi connectivity index (χ1) is 7.95. The smallest absolute Gasteiger partial charge is 0.240 e. The van der Waals surface area contributed by atoms with Crippen molar-refractivity contribution in [1.29, 1.82) is 0 Å². The molecule has 0 aromatic heterocycles.